The van der Waals surface area contributed by atoms with Crippen molar-refractivity contribution in [3.63, 3.8) is 0 Å². The summed E-state index contributed by atoms with van der Waals surface area (Å²) in [7, 11) is 4.03. The predicted octanol–water partition coefficient (Wildman–Crippen LogP) is 2.26. The Bertz CT molecular complexity index is 212. The summed E-state index contributed by atoms with van der Waals surface area (Å²) in [5.41, 5.74) is -0.0202. The molecule has 102 valence electrons. The average Bonchev–Trinajstić information content (AvgIpc) is 2.30. The molecule has 3 nitrogen and oxygen atoms in total. The predicted molar refractivity (Wildman–Crippen MR) is 73.4 cm³/mol. The van der Waals surface area contributed by atoms with Crippen molar-refractivity contribution in [1.82, 2.24) is 10.2 Å². The van der Waals surface area contributed by atoms with Crippen LogP contribution < -0.4 is 5.32 Å². The molecule has 0 amide bonds. The molecule has 0 aliphatic carbocycles. The Kier molecular flexibility index (Phi) is 5.90. The number of ether oxygens (including phenoxy) is 1. The largest absolute Gasteiger partial charge is 0.379 e. The van der Waals surface area contributed by atoms with E-state index >= 15 is 0 Å². The summed E-state index contributed by atoms with van der Waals surface area (Å²) < 4.78 is 5.51. The van der Waals surface area contributed by atoms with Crippen LogP contribution in [0.2, 0.25) is 0 Å². The summed E-state index contributed by atoms with van der Waals surface area (Å²) in [4.78, 5) is 2.46. The lowest BCUT2D eigenvalue weighted by Crippen LogP contribution is -2.46. The molecule has 1 saturated heterocycles. The summed E-state index contributed by atoms with van der Waals surface area (Å²) in [6, 6.07) is 1.25. The molecule has 1 fully saturated rings. The van der Waals surface area contributed by atoms with Crippen molar-refractivity contribution in [3.8, 4) is 0 Å². The molecule has 1 N–H and O–H groups in total. The van der Waals surface area contributed by atoms with Gasteiger partial charge in [-0.2, -0.15) is 0 Å². The first-order valence-electron chi connectivity index (χ1n) is 6.93. The van der Waals surface area contributed by atoms with E-state index in [0.29, 0.717) is 12.1 Å². The van der Waals surface area contributed by atoms with Gasteiger partial charge in [-0.1, -0.05) is 6.42 Å². The van der Waals surface area contributed by atoms with E-state index in [9.17, 15) is 0 Å². The Morgan fingerprint density at radius 1 is 1.41 bits per heavy atom. The van der Waals surface area contributed by atoms with Crippen LogP contribution in [-0.2, 0) is 4.74 Å². The Labute approximate surface area is 107 Å². The third-order valence-electron chi connectivity index (χ3n) is 4.01. The zero-order chi connectivity index (χ0) is 12.9. The maximum Gasteiger partial charge on any atom is 0.0637 e. The molecule has 1 aliphatic rings. The molecule has 0 aromatic heterocycles. The molecule has 1 heterocycles. The number of rotatable bonds is 6. The molecule has 0 spiro atoms. The van der Waals surface area contributed by atoms with Crippen LogP contribution in [0.1, 0.15) is 46.5 Å². The fourth-order valence-corrected chi connectivity index (χ4v) is 2.56. The first-order valence-corrected chi connectivity index (χ1v) is 6.93. The third kappa shape index (κ3) is 5.36. The maximum atomic E-state index is 5.51. The van der Waals surface area contributed by atoms with Crippen molar-refractivity contribution < 1.29 is 4.74 Å². The van der Waals surface area contributed by atoms with Gasteiger partial charge in [-0.3, -0.25) is 0 Å². The lowest BCUT2D eigenvalue weighted by Gasteiger charge is -2.35. The SMILES string of the molecule is COC(C)(C)CC(C)N(C)CC1CCCCN1. The van der Waals surface area contributed by atoms with E-state index in [-0.39, 0.29) is 5.60 Å². The van der Waals surface area contributed by atoms with Gasteiger partial charge in [0.15, 0.2) is 0 Å². The Morgan fingerprint density at radius 2 is 2.12 bits per heavy atom. The highest BCUT2D eigenvalue weighted by atomic mass is 16.5. The molecule has 1 aliphatic heterocycles. The van der Waals surface area contributed by atoms with Gasteiger partial charge in [0, 0.05) is 25.7 Å². The van der Waals surface area contributed by atoms with Gasteiger partial charge in [-0.05, 0) is 53.6 Å². The van der Waals surface area contributed by atoms with Gasteiger partial charge >= 0.3 is 0 Å². The maximum absolute atomic E-state index is 5.51. The Morgan fingerprint density at radius 3 is 2.65 bits per heavy atom. The van der Waals surface area contributed by atoms with Crippen molar-refractivity contribution in [3.05, 3.63) is 0 Å². The van der Waals surface area contributed by atoms with Crippen molar-refractivity contribution in [1.29, 1.82) is 0 Å². The zero-order valence-electron chi connectivity index (χ0n) is 12.3. The smallest absolute Gasteiger partial charge is 0.0637 e. The highest BCUT2D eigenvalue weighted by Gasteiger charge is 2.24. The number of methoxy groups -OCH3 is 1. The van der Waals surface area contributed by atoms with Crippen molar-refractivity contribution in [2.45, 2.75) is 64.1 Å². The normalized spacial score (nSPS) is 24.0. The summed E-state index contributed by atoms with van der Waals surface area (Å²) in [5, 5.41) is 3.61. The number of hydrogen-bond acceptors (Lipinski definition) is 3. The van der Waals surface area contributed by atoms with Gasteiger partial charge in [0.1, 0.15) is 0 Å². The molecule has 2 unspecified atom stereocenters. The third-order valence-corrected chi connectivity index (χ3v) is 4.01. The minimum atomic E-state index is -0.0202. The van der Waals surface area contributed by atoms with Crippen molar-refractivity contribution in [2.24, 2.45) is 0 Å². The fraction of sp³-hybridized carbons (Fsp3) is 1.00. The van der Waals surface area contributed by atoms with E-state index < -0.39 is 0 Å². The van der Waals surface area contributed by atoms with Crippen LogP contribution in [0.4, 0.5) is 0 Å². The molecule has 2 atom stereocenters. The molecule has 3 heteroatoms. The Balaban J connectivity index is 2.32. The van der Waals surface area contributed by atoms with Crippen LogP contribution in [0.15, 0.2) is 0 Å². The molecule has 0 saturated carbocycles. The van der Waals surface area contributed by atoms with Crippen molar-refractivity contribution >= 4 is 0 Å². The summed E-state index contributed by atoms with van der Waals surface area (Å²) in [6.45, 7) is 8.97. The minimum Gasteiger partial charge on any atom is -0.379 e. The second-order valence-corrected chi connectivity index (χ2v) is 6.10. The monoisotopic (exact) mass is 242 g/mol. The lowest BCUT2D eigenvalue weighted by molar-refractivity contribution is -0.00422. The van der Waals surface area contributed by atoms with Gasteiger partial charge in [0.2, 0.25) is 0 Å². The van der Waals surface area contributed by atoms with E-state index in [0.717, 1.165) is 13.0 Å². The number of nitrogens with one attached hydrogen (secondary N) is 1. The molecular weight excluding hydrogens is 212 g/mol. The Hall–Kier alpha value is -0.120. The van der Waals surface area contributed by atoms with Crippen LogP contribution in [0, 0.1) is 0 Å². The number of nitrogens with zero attached hydrogens (tertiary/aromatic N) is 1. The van der Waals surface area contributed by atoms with Crippen molar-refractivity contribution in [2.75, 3.05) is 27.2 Å². The van der Waals surface area contributed by atoms with Gasteiger partial charge in [-0.25, -0.2) is 0 Å². The van der Waals surface area contributed by atoms with E-state index in [1.165, 1.54) is 25.8 Å². The van der Waals surface area contributed by atoms with Gasteiger partial charge < -0.3 is 15.0 Å². The first kappa shape index (κ1) is 14.9. The summed E-state index contributed by atoms with van der Waals surface area (Å²) in [6.07, 6.45) is 5.12. The fourth-order valence-electron chi connectivity index (χ4n) is 2.56. The molecule has 0 bridgehead atoms. The zero-order valence-corrected chi connectivity index (χ0v) is 12.3. The number of hydrogen-bond donors (Lipinski definition) is 1. The molecule has 1 rings (SSSR count). The second-order valence-electron chi connectivity index (χ2n) is 6.10. The summed E-state index contributed by atoms with van der Waals surface area (Å²) >= 11 is 0. The van der Waals surface area contributed by atoms with Crippen LogP contribution in [-0.4, -0.2) is 49.8 Å². The molecular formula is C14H30N2O. The van der Waals surface area contributed by atoms with Gasteiger partial charge in [-0.15, -0.1) is 0 Å². The first-order chi connectivity index (χ1) is 7.94. The molecule has 17 heavy (non-hydrogen) atoms. The van der Waals surface area contributed by atoms with Crippen LogP contribution in [0.25, 0.3) is 0 Å². The van der Waals surface area contributed by atoms with E-state index in [4.69, 9.17) is 4.74 Å². The molecule has 0 aromatic carbocycles. The van der Waals surface area contributed by atoms with Gasteiger partial charge in [0.05, 0.1) is 5.60 Å². The molecule has 0 aromatic rings. The highest BCUT2D eigenvalue weighted by molar-refractivity contribution is 4.80. The molecule has 0 radical (unpaired) electrons. The second kappa shape index (κ2) is 6.72. The van der Waals surface area contributed by atoms with E-state index in [1.807, 2.05) is 0 Å². The quantitative estimate of drug-likeness (QED) is 0.773. The van der Waals surface area contributed by atoms with Crippen LogP contribution >= 0.6 is 0 Å². The van der Waals surface area contributed by atoms with Crippen LogP contribution in [0.5, 0.6) is 0 Å². The average molecular weight is 242 g/mol. The van der Waals surface area contributed by atoms with Crippen LogP contribution in [0.3, 0.4) is 0 Å². The van der Waals surface area contributed by atoms with E-state index in [2.05, 4.69) is 38.0 Å². The highest BCUT2D eigenvalue weighted by Crippen LogP contribution is 2.19. The minimum absolute atomic E-state index is 0.0202. The number of piperidine rings is 1. The summed E-state index contributed by atoms with van der Waals surface area (Å²) in [5.74, 6) is 0. The number of likely N-dealkylation sites (N-methyl/N-ethyl adjacent to an activating group) is 1. The van der Waals surface area contributed by atoms with Gasteiger partial charge in [0.25, 0.3) is 0 Å². The van der Waals surface area contributed by atoms with E-state index in [1.54, 1.807) is 7.11 Å². The topological polar surface area (TPSA) is 24.5 Å². The standard InChI is InChI=1S/C14H30N2O/c1-12(10-14(2,3)17-5)16(4)11-13-8-6-7-9-15-13/h12-13,15H,6-11H2,1-5H3. The lowest BCUT2D eigenvalue weighted by atomic mass is 9.98.